The van der Waals surface area contributed by atoms with Crippen molar-refractivity contribution < 1.29 is 0 Å². The van der Waals surface area contributed by atoms with Gasteiger partial charge in [-0.25, -0.2) is 9.77 Å². The van der Waals surface area contributed by atoms with Gasteiger partial charge in [-0.1, -0.05) is 20.8 Å². The molecule has 0 saturated heterocycles. The first-order valence-corrected chi connectivity index (χ1v) is 5.29. The monoisotopic (exact) mass is 238 g/mol. The molecule has 6 nitrogen and oxygen atoms in total. The van der Waals surface area contributed by atoms with Gasteiger partial charge in [0.1, 0.15) is 5.69 Å². The number of nitrogens with zero attached hydrogens (tertiary/aromatic N) is 3. The van der Waals surface area contributed by atoms with E-state index in [1.54, 1.807) is 0 Å². The van der Waals surface area contributed by atoms with Crippen LogP contribution in [-0.2, 0) is 5.41 Å². The molecule has 4 N–H and O–H groups in total. The summed E-state index contributed by atoms with van der Waals surface area (Å²) in [6.07, 6.45) is 0. The molecular weight excluding hydrogens is 224 g/mol. The van der Waals surface area contributed by atoms with Gasteiger partial charge in [0, 0.05) is 11.1 Å². The van der Waals surface area contributed by atoms with Gasteiger partial charge in [-0.3, -0.25) is 5.10 Å². The highest BCUT2D eigenvalue weighted by Crippen LogP contribution is 2.23. The third-order valence-corrected chi connectivity index (χ3v) is 2.61. The maximum Gasteiger partial charge on any atom is 0.214 e. The van der Waals surface area contributed by atoms with E-state index in [1.165, 1.54) is 4.68 Å². The number of H-pyrrole nitrogens is 2. The van der Waals surface area contributed by atoms with E-state index in [9.17, 15) is 0 Å². The number of nitrogen functional groups attached to an aromatic ring is 1. The summed E-state index contributed by atoms with van der Waals surface area (Å²) < 4.78 is 1.67. The number of hydrogen-bond acceptors (Lipinski definition) is 4. The van der Waals surface area contributed by atoms with Crippen molar-refractivity contribution in [3.05, 3.63) is 16.5 Å². The standard InChI is InChI=1S/C9H14N6S/c1-9(2,3)6-4-5(11-12-6)7-13-14-8(16)15(7)10/h4H,10H2,1-3H3,(H,11,12)(H,14,16). The van der Waals surface area contributed by atoms with Gasteiger partial charge in [0.15, 0.2) is 0 Å². The average molecular weight is 238 g/mol. The van der Waals surface area contributed by atoms with Crippen molar-refractivity contribution in [3.8, 4) is 11.5 Å². The smallest absolute Gasteiger partial charge is 0.214 e. The van der Waals surface area contributed by atoms with Gasteiger partial charge in [-0.2, -0.15) is 10.2 Å². The van der Waals surface area contributed by atoms with Crippen LogP contribution in [0.2, 0.25) is 0 Å². The molecule has 7 heteroatoms. The van der Waals surface area contributed by atoms with E-state index >= 15 is 0 Å². The van der Waals surface area contributed by atoms with Gasteiger partial charge in [-0.15, -0.1) is 0 Å². The fourth-order valence-corrected chi connectivity index (χ4v) is 1.44. The summed E-state index contributed by atoms with van der Waals surface area (Å²) >= 11 is 4.94. The minimum absolute atomic E-state index is 0.0117. The number of nitrogens with one attached hydrogen (secondary N) is 2. The zero-order valence-corrected chi connectivity index (χ0v) is 10.2. The van der Waals surface area contributed by atoms with Crippen LogP contribution in [0.4, 0.5) is 0 Å². The van der Waals surface area contributed by atoms with Crippen molar-refractivity contribution in [1.29, 1.82) is 0 Å². The van der Waals surface area contributed by atoms with E-state index in [-0.39, 0.29) is 5.41 Å². The van der Waals surface area contributed by atoms with Crippen molar-refractivity contribution >= 4 is 12.2 Å². The topological polar surface area (TPSA) is 88.3 Å². The number of nitrogens with two attached hydrogens (primary N) is 1. The number of hydrogen-bond donors (Lipinski definition) is 3. The van der Waals surface area contributed by atoms with E-state index < -0.39 is 0 Å². The summed E-state index contributed by atoms with van der Waals surface area (Å²) in [5.74, 6) is 6.24. The van der Waals surface area contributed by atoms with Crippen LogP contribution in [0.5, 0.6) is 0 Å². The fourth-order valence-electron chi connectivity index (χ4n) is 1.31. The molecule has 2 aromatic rings. The Morgan fingerprint density at radius 1 is 1.31 bits per heavy atom. The largest absolute Gasteiger partial charge is 0.335 e. The normalized spacial score (nSPS) is 11.9. The highest BCUT2D eigenvalue weighted by Gasteiger charge is 2.19. The average Bonchev–Trinajstić information content (AvgIpc) is 2.74. The molecule has 16 heavy (non-hydrogen) atoms. The molecule has 0 fully saturated rings. The van der Waals surface area contributed by atoms with Crippen LogP contribution in [0, 0.1) is 4.77 Å². The summed E-state index contributed by atoms with van der Waals surface area (Å²) in [5, 5.41) is 13.8. The third kappa shape index (κ3) is 1.73. The zero-order valence-electron chi connectivity index (χ0n) is 9.40. The van der Waals surface area contributed by atoms with Gasteiger partial charge in [0.25, 0.3) is 0 Å². The number of aromatic amines is 2. The maximum atomic E-state index is 5.72. The first-order chi connectivity index (χ1) is 7.39. The molecular formula is C9H14N6S. The highest BCUT2D eigenvalue weighted by molar-refractivity contribution is 7.71. The molecule has 0 aliphatic carbocycles. The SMILES string of the molecule is CC(C)(C)c1cc(-c2n[nH]c(=S)n2N)n[nH]1. The Morgan fingerprint density at radius 2 is 2.00 bits per heavy atom. The lowest BCUT2D eigenvalue weighted by Crippen LogP contribution is -2.11. The molecule has 0 radical (unpaired) electrons. The van der Waals surface area contributed by atoms with E-state index in [0.29, 0.717) is 16.3 Å². The quantitative estimate of drug-likeness (QED) is 0.517. The van der Waals surface area contributed by atoms with Crippen molar-refractivity contribution in [1.82, 2.24) is 25.1 Å². The molecule has 0 aliphatic heterocycles. The molecule has 0 aliphatic rings. The second-order valence-corrected chi connectivity index (χ2v) is 5.03. The Hall–Kier alpha value is -1.63. The Kier molecular flexibility index (Phi) is 2.34. The number of aromatic nitrogens is 5. The van der Waals surface area contributed by atoms with Crippen molar-refractivity contribution in [2.24, 2.45) is 0 Å². The van der Waals surface area contributed by atoms with E-state index in [1.807, 2.05) is 6.07 Å². The molecule has 2 heterocycles. The summed E-state index contributed by atoms with van der Waals surface area (Å²) in [6.45, 7) is 6.30. The van der Waals surface area contributed by atoms with Crippen molar-refractivity contribution in [2.45, 2.75) is 26.2 Å². The Balaban J connectivity index is 2.47. The third-order valence-electron chi connectivity index (χ3n) is 2.32. The lowest BCUT2D eigenvalue weighted by atomic mass is 9.92. The highest BCUT2D eigenvalue weighted by atomic mass is 32.1. The summed E-state index contributed by atoms with van der Waals surface area (Å²) in [6, 6.07) is 1.92. The van der Waals surface area contributed by atoms with Crippen LogP contribution in [0.1, 0.15) is 26.5 Å². The van der Waals surface area contributed by atoms with Crippen molar-refractivity contribution in [3.63, 3.8) is 0 Å². The van der Waals surface area contributed by atoms with Gasteiger partial charge < -0.3 is 5.84 Å². The molecule has 0 aromatic carbocycles. The van der Waals surface area contributed by atoms with Crippen LogP contribution in [0.3, 0.4) is 0 Å². The van der Waals surface area contributed by atoms with Crippen LogP contribution in [0.25, 0.3) is 11.5 Å². The fraction of sp³-hybridized carbons (Fsp3) is 0.444. The van der Waals surface area contributed by atoms with Gasteiger partial charge in [0.05, 0.1) is 0 Å². The van der Waals surface area contributed by atoms with Crippen LogP contribution in [0.15, 0.2) is 6.07 Å². The van der Waals surface area contributed by atoms with Crippen LogP contribution in [-0.4, -0.2) is 25.1 Å². The number of rotatable bonds is 1. The second-order valence-electron chi connectivity index (χ2n) is 4.64. The molecule has 0 amide bonds. The molecule has 0 spiro atoms. The lowest BCUT2D eigenvalue weighted by Gasteiger charge is -2.14. The molecule has 0 atom stereocenters. The second kappa shape index (κ2) is 3.44. The summed E-state index contributed by atoms with van der Waals surface area (Å²) in [4.78, 5) is 0. The summed E-state index contributed by atoms with van der Waals surface area (Å²) in [7, 11) is 0. The molecule has 2 rings (SSSR count). The first-order valence-electron chi connectivity index (χ1n) is 4.88. The minimum atomic E-state index is 0.0117. The Morgan fingerprint density at radius 3 is 2.44 bits per heavy atom. The Labute approximate surface area is 97.8 Å². The maximum absolute atomic E-state index is 5.72. The zero-order chi connectivity index (χ0) is 11.9. The molecule has 0 saturated carbocycles. The minimum Gasteiger partial charge on any atom is -0.335 e. The van der Waals surface area contributed by atoms with Gasteiger partial charge in [0.2, 0.25) is 10.6 Å². The predicted octanol–water partition coefficient (Wildman–Crippen LogP) is 1.34. The molecule has 0 bridgehead atoms. The molecule has 2 aromatic heterocycles. The van der Waals surface area contributed by atoms with Crippen LogP contribution < -0.4 is 5.84 Å². The molecule has 86 valence electrons. The predicted molar refractivity (Wildman–Crippen MR) is 63.8 cm³/mol. The van der Waals surface area contributed by atoms with Crippen LogP contribution >= 0.6 is 12.2 Å². The lowest BCUT2D eigenvalue weighted by molar-refractivity contribution is 0.567. The Bertz CT molecular complexity index is 555. The van der Waals surface area contributed by atoms with E-state index in [0.717, 1.165) is 5.69 Å². The van der Waals surface area contributed by atoms with Gasteiger partial charge in [-0.05, 0) is 18.3 Å². The van der Waals surface area contributed by atoms with E-state index in [4.69, 9.17) is 18.1 Å². The molecule has 0 unspecified atom stereocenters. The first kappa shape index (κ1) is 10.9. The van der Waals surface area contributed by atoms with Crippen molar-refractivity contribution in [2.75, 3.05) is 5.84 Å². The van der Waals surface area contributed by atoms with E-state index in [2.05, 4.69) is 41.2 Å². The summed E-state index contributed by atoms with van der Waals surface area (Å²) in [5.41, 5.74) is 1.72. The van der Waals surface area contributed by atoms with Gasteiger partial charge >= 0.3 is 0 Å².